The maximum absolute atomic E-state index is 12.9. The summed E-state index contributed by atoms with van der Waals surface area (Å²) in [7, 11) is 0. The van der Waals surface area contributed by atoms with Gasteiger partial charge in [-0.05, 0) is 43.2 Å². The minimum atomic E-state index is -0.698. The summed E-state index contributed by atoms with van der Waals surface area (Å²) >= 11 is 0. The standard InChI is InChI=1S/C25H25NO5/c1-3-30-24(28)21-17-13-14-18(22(21)25(29)31-4-2)20-16(17)11-8-12-19(20)26-23(27)15-9-6-5-7-10-15/h5-14,17-18,21-22H,3-4H2,1-2H3,(H,26,27)/t17-,18-,21-,22-/m0/s1. The fraction of sp³-hybridized carbons (Fsp3) is 0.320. The maximum Gasteiger partial charge on any atom is 0.310 e. The number of ether oxygens (including phenoxy) is 2. The molecule has 0 aromatic heterocycles. The van der Waals surface area contributed by atoms with E-state index < -0.39 is 23.8 Å². The Hall–Kier alpha value is -3.41. The second-order valence-electron chi connectivity index (χ2n) is 7.62. The van der Waals surface area contributed by atoms with Gasteiger partial charge in [-0.15, -0.1) is 0 Å². The minimum Gasteiger partial charge on any atom is -0.466 e. The second kappa shape index (κ2) is 8.76. The molecule has 6 nitrogen and oxygen atoms in total. The van der Waals surface area contributed by atoms with Crippen molar-refractivity contribution >= 4 is 23.5 Å². The van der Waals surface area contributed by atoms with Gasteiger partial charge in [0.2, 0.25) is 0 Å². The number of rotatable bonds is 6. The molecule has 31 heavy (non-hydrogen) atoms. The Morgan fingerprint density at radius 3 is 2.06 bits per heavy atom. The lowest BCUT2D eigenvalue weighted by molar-refractivity contribution is -0.162. The van der Waals surface area contributed by atoms with E-state index in [4.69, 9.17) is 9.47 Å². The molecule has 160 valence electrons. The monoisotopic (exact) mass is 419 g/mol. The zero-order valence-corrected chi connectivity index (χ0v) is 17.5. The van der Waals surface area contributed by atoms with Gasteiger partial charge in [0.25, 0.3) is 5.91 Å². The molecule has 2 aromatic rings. The topological polar surface area (TPSA) is 81.7 Å². The molecule has 0 spiro atoms. The molecule has 2 aromatic carbocycles. The van der Waals surface area contributed by atoms with Crippen molar-refractivity contribution in [3.8, 4) is 0 Å². The number of anilines is 1. The Morgan fingerprint density at radius 1 is 0.806 bits per heavy atom. The fourth-order valence-electron chi connectivity index (χ4n) is 4.70. The van der Waals surface area contributed by atoms with Crippen LogP contribution in [0, 0.1) is 11.8 Å². The number of fused-ring (bicyclic) bond motifs is 1. The van der Waals surface area contributed by atoms with Crippen molar-refractivity contribution in [2.75, 3.05) is 18.5 Å². The molecule has 6 heteroatoms. The van der Waals surface area contributed by atoms with Crippen LogP contribution < -0.4 is 5.32 Å². The molecule has 5 rings (SSSR count). The van der Waals surface area contributed by atoms with Gasteiger partial charge in [-0.3, -0.25) is 14.4 Å². The van der Waals surface area contributed by atoms with Gasteiger partial charge in [0.15, 0.2) is 0 Å². The number of esters is 2. The molecule has 4 atom stereocenters. The first-order valence-corrected chi connectivity index (χ1v) is 10.6. The Labute approximate surface area is 181 Å². The van der Waals surface area contributed by atoms with Gasteiger partial charge in [-0.25, -0.2) is 0 Å². The largest absolute Gasteiger partial charge is 0.466 e. The van der Waals surface area contributed by atoms with Crippen molar-refractivity contribution in [2.45, 2.75) is 25.7 Å². The summed E-state index contributed by atoms with van der Waals surface area (Å²) in [5.41, 5.74) is 2.97. The van der Waals surface area contributed by atoms with Gasteiger partial charge in [0, 0.05) is 23.1 Å². The van der Waals surface area contributed by atoms with Crippen LogP contribution in [0.15, 0.2) is 60.7 Å². The van der Waals surface area contributed by atoms with Gasteiger partial charge in [0.1, 0.15) is 0 Å². The van der Waals surface area contributed by atoms with Crippen molar-refractivity contribution in [1.29, 1.82) is 0 Å². The third-order valence-electron chi connectivity index (χ3n) is 5.92. The number of amides is 1. The van der Waals surface area contributed by atoms with E-state index in [1.807, 2.05) is 36.4 Å². The number of carbonyl (C=O) groups is 3. The normalized spacial score (nSPS) is 23.0. The number of hydrogen-bond acceptors (Lipinski definition) is 5. The first-order chi connectivity index (χ1) is 15.1. The molecule has 0 unspecified atom stereocenters. The number of hydrogen-bond donors (Lipinski definition) is 1. The smallest absolute Gasteiger partial charge is 0.310 e. The summed E-state index contributed by atoms with van der Waals surface area (Å²) in [5, 5.41) is 2.99. The van der Waals surface area contributed by atoms with Crippen LogP contribution >= 0.6 is 0 Å². The molecule has 0 fully saturated rings. The van der Waals surface area contributed by atoms with E-state index in [0.29, 0.717) is 11.3 Å². The number of nitrogens with one attached hydrogen (secondary N) is 1. The summed E-state index contributed by atoms with van der Waals surface area (Å²) in [4.78, 5) is 38.5. The summed E-state index contributed by atoms with van der Waals surface area (Å²) in [6, 6.07) is 14.6. The molecule has 0 saturated heterocycles. The molecular weight excluding hydrogens is 394 g/mol. The first kappa shape index (κ1) is 20.8. The van der Waals surface area contributed by atoms with Crippen LogP contribution in [0.3, 0.4) is 0 Å². The fourth-order valence-corrected chi connectivity index (χ4v) is 4.70. The molecular formula is C25H25NO5. The van der Waals surface area contributed by atoms with Crippen LogP contribution in [0.25, 0.3) is 0 Å². The average Bonchev–Trinajstić information content (AvgIpc) is 2.79. The Bertz CT molecular complexity index is 1030. The number of carbonyl (C=O) groups excluding carboxylic acids is 3. The lowest BCUT2D eigenvalue weighted by Crippen LogP contribution is -2.45. The van der Waals surface area contributed by atoms with E-state index in [1.165, 1.54) is 0 Å². The number of allylic oxidation sites excluding steroid dienone is 2. The molecule has 1 amide bonds. The number of benzene rings is 2. The van der Waals surface area contributed by atoms with Crippen LogP contribution in [0.5, 0.6) is 0 Å². The molecule has 3 aliphatic rings. The van der Waals surface area contributed by atoms with Gasteiger partial charge in [0.05, 0.1) is 25.0 Å². The molecule has 2 bridgehead atoms. The van der Waals surface area contributed by atoms with Gasteiger partial charge in [-0.2, -0.15) is 0 Å². The highest BCUT2D eigenvalue weighted by Crippen LogP contribution is 2.54. The summed E-state index contributed by atoms with van der Waals surface area (Å²) in [6.45, 7) is 3.96. The summed E-state index contributed by atoms with van der Waals surface area (Å²) in [5.74, 6) is -3.10. The van der Waals surface area contributed by atoms with Crippen molar-refractivity contribution in [2.24, 2.45) is 11.8 Å². The van der Waals surface area contributed by atoms with Crippen LogP contribution in [-0.4, -0.2) is 31.1 Å². The van der Waals surface area contributed by atoms with Crippen LogP contribution in [0.4, 0.5) is 5.69 Å². The van der Waals surface area contributed by atoms with E-state index in [-0.39, 0.29) is 31.0 Å². The predicted molar refractivity (Wildman–Crippen MR) is 116 cm³/mol. The molecule has 0 radical (unpaired) electrons. The highest BCUT2D eigenvalue weighted by molar-refractivity contribution is 6.05. The van der Waals surface area contributed by atoms with E-state index in [9.17, 15) is 14.4 Å². The lowest BCUT2D eigenvalue weighted by Gasteiger charge is -2.44. The van der Waals surface area contributed by atoms with Crippen molar-refractivity contribution < 1.29 is 23.9 Å². The first-order valence-electron chi connectivity index (χ1n) is 10.6. The third kappa shape index (κ3) is 3.74. The maximum atomic E-state index is 12.9. The molecule has 1 N–H and O–H groups in total. The lowest BCUT2D eigenvalue weighted by atomic mass is 9.59. The van der Waals surface area contributed by atoms with Crippen molar-refractivity contribution in [3.05, 3.63) is 77.4 Å². The third-order valence-corrected chi connectivity index (χ3v) is 5.92. The van der Waals surface area contributed by atoms with Gasteiger partial charge >= 0.3 is 11.9 Å². The van der Waals surface area contributed by atoms with Crippen LogP contribution in [0.1, 0.15) is 47.2 Å². The van der Waals surface area contributed by atoms with Crippen molar-refractivity contribution in [3.63, 3.8) is 0 Å². The molecule has 3 aliphatic carbocycles. The van der Waals surface area contributed by atoms with Gasteiger partial charge in [-0.1, -0.05) is 42.5 Å². The highest BCUT2D eigenvalue weighted by Gasteiger charge is 2.52. The quantitative estimate of drug-likeness (QED) is 0.564. The molecule has 0 aliphatic heterocycles. The second-order valence-corrected chi connectivity index (χ2v) is 7.62. The van der Waals surface area contributed by atoms with Crippen molar-refractivity contribution in [1.82, 2.24) is 0 Å². The Balaban J connectivity index is 1.75. The Kier molecular flexibility index (Phi) is 5.89. The Morgan fingerprint density at radius 2 is 1.42 bits per heavy atom. The molecule has 0 saturated carbocycles. The SMILES string of the molecule is CCOC(=O)[C@@H]1[C@@H](C(=O)OCC)[C@H]2C=C[C@H]1c1cccc(NC(=O)c3ccccc3)c12. The van der Waals surface area contributed by atoms with E-state index in [1.54, 1.807) is 38.1 Å². The van der Waals surface area contributed by atoms with Crippen LogP contribution in [-0.2, 0) is 19.1 Å². The zero-order valence-electron chi connectivity index (χ0n) is 17.5. The summed E-state index contributed by atoms with van der Waals surface area (Å²) < 4.78 is 10.6. The average molecular weight is 419 g/mol. The predicted octanol–water partition coefficient (Wildman–Crippen LogP) is 4.05. The van der Waals surface area contributed by atoms with E-state index >= 15 is 0 Å². The molecule has 0 heterocycles. The van der Waals surface area contributed by atoms with E-state index in [2.05, 4.69) is 5.32 Å². The minimum absolute atomic E-state index is 0.227. The summed E-state index contributed by atoms with van der Waals surface area (Å²) in [6.07, 6.45) is 3.91. The van der Waals surface area contributed by atoms with Crippen LogP contribution in [0.2, 0.25) is 0 Å². The van der Waals surface area contributed by atoms with E-state index in [0.717, 1.165) is 11.1 Å². The van der Waals surface area contributed by atoms with Gasteiger partial charge < -0.3 is 14.8 Å². The highest BCUT2D eigenvalue weighted by atomic mass is 16.5. The zero-order chi connectivity index (χ0) is 22.0.